The predicted octanol–water partition coefficient (Wildman–Crippen LogP) is 2.88. The third kappa shape index (κ3) is 5.09. The van der Waals surface area contributed by atoms with Crippen molar-refractivity contribution in [3.05, 3.63) is 51.7 Å². The van der Waals surface area contributed by atoms with Crippen molar-refractivity contribution in [3.63, 3.8) is 0 Å². The van der Waals surface area contributed by atoms with Crippen LogP contribution >= 0.6 is 11.3 Å². The van der Waals surface area contributed by atoms with Crippen molar-refractivity contribution in [2.24, 2.45) is 0 Å². The highest BCUT2D eigenvalue weighted by Crippen LogP contribution is 2.24. The standard InChI is InChI=1S/C18H19NO5S/c1-22-13-5-4-12(15(10-13)23-2)11-19-18(21)16-8-6-14(25-16)7-9-17(20)24-3/h4-10H,11H2,1-3H3,(H,19,21)/b9-7+. The molecular formula is C18H19NO5S. The molecule has 0 aliphatic rings. The Morgan fingerprint density at radius 1 is 1.12 bits per heavy atom. The van der Waals surface area contributed by atoms with Gasteiger partial charge < -0.3 is 19.5 Å². The number of thiophene rings is 1. The number of carbonyl (C=O) groups is 2. The summed E-state index contributed by atoms with van der Waals surface area (Å²) in [4.78, 5) is 24.7. The predicted molar refractivity (Wildman–Crippen MR) is 96.1 cm³/mol. The summed E-state index contributed by atoms with van der Waals surface area (Å²) in [5.74, 6) is 0.700. The number of benzene rings is 1. The van der Waals surface area contributed by atoms with Crippen LogP contribution in [0, 0.1) is 0 Å². The van der Waals surface area contributed by atoms with Crippen molar-refractivity contribution in [1.29, 1.82) is 0 Å². The number of hydrogen-bond acceptors (Lipinski definition) is 6. The largest absolute Gasteiger partial charge is 0.497 e. The van der Waals surface area contributed by atoms with E-state index in [4.69, 9.17) is 9.47 Å². The van der Waals surface area contributed by atoms with Gasteiger partial charge in [0.2, 0.25) is 0 Å². The Kier molecular flexibility index (Phi) is 6.59. The van der Waals surface area contributed by atoms with Crippen molar-refractivity contribution >= 4 is 29.3 Å². The van der Waals surface area contributed by atoms with Crippen LogP contribution in [0.1, 0.15) is 20.1 Å². The second kappa shape index (κ2) is 8.89. The molecule has 1 amide bonds. The second-order valence-corrected chi connectivity index (χ2v) is 6.03. The van der Waals surface area contributed by atoms with E-state index in [0.717, 1.165) is 10.4 Å². The van der Waals surface area contributed by atoms with Gasteiger partial charge in [-0.05, 0) is 30.3 Å². The molecule has 1 heterocycles. The molecule has 0 radical (unpaired) electrons. The molecule has 0 saturated carbocycles. The number of nitrogens with one attached hydrogen (secondary N) is 1. The molecule has 0 aliphatic carbocycles. The maximum absolute atomic E-state index is 12.3. The quantitative estimate of drug-likeness (QED) is 0.606. The van der Waals surface area contributed by atoms with Gasteiger partial charge >= 0.3 is 5.97 Å². The Labute approximate surface area is 150 Å². The molecule has 0 fully saturated rings. The van der Waals surface area contributed by atoms with E-state index in [2.05, 4.69) is 10.1 Å². The maximum Gasteiger partial charge on any atom is 0.330 e. The van der Waals surface area contributed by atoms with E-state index >= 15 is 0 Å². The van der Waals surface area contributed by atoms with Gasteiger partial charge in [0.1, 0.15) is 11.5 Å². The minimum atomic E-state index is -0.439. The first kappa shape index (κ1) is 18.5. The third-order valence-corrected chi connectivity index (χ3v) is 4.42. The van der Waals surface area contributed by atoms with Crippen LogP contribution < -0.4 is 14.8 Å². The molecule has 0 spiro atoms. The van der Waals surface area contributed by atoms with Crippen LogP contribution in [0.4, 0.5) is 0 Å². The van der Waals surface area contributed by atoms with Crippen LogP contribution in [0.3, 0.4) is 0 Å². The molecule has 1 N–H and O–H groups in total. The number of ether oxygens (including phenoxy) is 3. The third-order valence-electron chi connectivity index (χ3n) is 3.37. The Hall–Kier alpha value is -2.80. The van der Waals surface area contributed by atoms with Gasteiger partial charge in [-0.15, -0.1) is 11.3 Å². The molecule has 2 rings (SSSR count). The summed E-state index contributed by atoms with van der Waals surface area (Å²) >= 11 is 1.29. The summed E-state index contributed by atoms with van der Waals surface area (Å²) in [6.07, 6.45) is 2.93. The average Bonchev–Trinajstić information content (AvgIpc) is 3.13. The van der Waals surface area contributed by atoms with Gasteiger partial charge in [-0.1, -0.05) is 0 Å². The Morgan fingerprint density at radius 2 is 1.92 bits per heavy atom. The lowest BCUT2D eigenvalue weighted by Crippen LogP contribution is -2.22. The summed E-state index contributed by atoms with van der Waals surface area (Å²) in [6.45, 7) is 0.331. The SMILES string of the molecule is COC(=O)/C=C/c1ccc(C(=O)NCc2ccc(OC)cc2OC)s1. The van der Waals surface area contributed by atoms with E-state index in [0.29, 0.717) is 22.9 Å². The number of amides is 1. The monoisotopic (exact) mass is 361 g/mol. The summed E-state index contributed by atoms with van der Waals surface area (Å²) in [5.41, 5.74) is 0.846. The fourth-order valence-corrected chi connectivity index (χ4v) is 2.87. The molecule has 0 bridgehead atoms. The van der Waals surface area contributed by atoms with Gasteiger partial charge in [-0.2, -0.15) is 0 Å². The van der Waals surface area contributed by atoms with Crippen LogP contribution in [-0.2, 0) is 16.1 Å². The fourth-order valence-electron chi connectivity index (χ4n) is 2.04. The number of hydrogen-bond donors (Lipinski definition) is 1. The Bertz CT molecular complexity index is 782. The van der Waals surface area contributed by atoms with Gasteiger partial charge in [-0.25, -0.2) is 4.79 Å². The highest BCUT2D eigenvalue weighted by molar-refractivity contribution is 7.14. The van der Waals surface area contributed by atoms with Gasteiger partial charge in [0.25, 0.3) is 5.91 Å². The highest BCUT2D eigenvalue weighted by atomic mass is 32.1. The van der Waals surface area contributed by atoms with Crippen LogP contribution in [0.25, 0.3) is 6.08 Å². The molecule has 7 heteroatoms. The van der Waals surface area contributed by atoms with Gasteiger partial charge in [0.05, 0.1) is 26.2 Å². The molecular weight excluding hydrogens is 342 g/mol. The van der Waals surface area contributed by atoms with E-state index in [9.17, 15) is 9.59 Å². The first-order chi connectivity index (χ1) is 12.1. The zero-order valence-electron chi connectivity index (χ0n) is 14.2. The molecule has 6 nitrogen and oxygen atoms in total. The average molecular weight is 361 g/mol. The lowest BCUT2D eigenvalue weighted by Gasteiger charge is -2.11. The van der Waals surface area contributed by atoms with Crippen molar-refractivity contribution < 1.29 is 23.8 Å². The van der Waals surface area contributed by atoms with Crippen LogP contribution in [-0.4, -0.2) is 33.2 Å². The van der Waals surface area contributed by atoms with Crippen molar-refractivity contribution in [3.8, 4) is 11.5 Å². The molecule has 0 saturated heterocycles. The Morgan fingerprint density at radius 3 is 2.60 bits per heavy atom. The van der Waals surface area contributed by atoms with Crippen molar-refractivity contribution in [1.82, 2.24) is 5.32 Å². The van der Waals surface area contributed by atoms with Crippen LogP contribution in [0.15, 0.2) is 36.4 Å². The molecule has 25 heavy (non-hydrogen) atoms. The maximum atomic E-state index is 12.3. The lowest BCUT2D eigenvalue weighted by molar-refractivity contribution is -0.134. The first-order valence-corrected chi connectivity index (χ1v) is 8.24. The first-order valence-electron chi connectivity index (χ1n) is 7.42. The summed E-state index contributed by atoms with van der Waals surface area (Å²) in [7, 11) is 4.46. The summed E-state index contributed by atoms with van der Waals surface area (Å²) < 4.78 is 15.0. The molecule has 0 aliphatic heterocycles. The minimum absolute atomic E-state index is 0.194. The van der Waals surface area contributed by atoms with Gasteiger partial charge in [0.15, 0.2) is 0 Å². The van der Waals surface area contributed by atoms with E-state index in [-0.39, 0.29) is 5.91 Å². The van der Waals surface area contributed by atoms with E-state index < -0.39 is 5.97 Å². The Balaban J connectivity index is 2.00. The summed E-state index contributed by atoms with van der Waals surface area (Å²) in [6, 6.07) is 8.90. The van der Waals surface area contributed by atoms with Crippen LogP contribution in [0.2, 0.25) is 0 Å². The lowest BCUT2D eigenvalue weighted by atomic mass is 10.2. The van der Waals surface area contributed by atoms with Crippen LogP contribution in [0.5, 0.6) is 11.5 Å². The fraction of sp³-hybridized carbons (Fsp3) is 0.222. The van der Waals surface area contributed by atoms with E-state index in [1.165, 1.54) is 24.5 Å². The number of carbonyl (C=O) groups excluding carboxylic acids is 2. The molecule has 1 aromatic heterocycles. The smallest absolute Gasteiger partial charge is 0.330 e. The molecule has 0 unspecified atom stereocenters. The highest BCUT2D eigenvalue weighted by Gasteiger charge is 2.11. The van der Waals surface area contributed by atoms with Gasteiger partial charge in [-0.3, -0.25) is 4.79 Å². The van der Waals surface area contributed by atoms with E-state index in [1.807, 2.05) is 12.1 Å². The number of methoxy groups -OCH3 is 3. The zero-order valence-corrected chi connectivity index (χ0v) is 15.0. The number of esters is 1. The van der Waals surface area contributed by atoms with Crippen molar-refractivity contribution in [2.45, 2.75) is 6.54 Å². The molecule has 2 aromatic rings. The molecule has 132 valence electrons. The van der Waals surface area contributed by atoms with Gasteiger partial charge in [0, 0.05) is 29.1 Å². The number of rotatable bonds is 7. The normalized spacial score (nSPS) is 10.5. The second-order valence-electron chi connectivity index (χ2n) is 4.92. The molecule has 0 atom stereocenters. The minimum Gasteiger partial charge on any atom is -0.497 e. The zero-order chi connectivity index (χ0) is 18.2. The summed E-state index contributed by atoms with van der Waals surface area (Å²) in [5, 5.41) is 2.85. The van der Waals surface area contributed by atoms with E-state index in [1.54, 1.807) is 38.5 Å². The molecule has 1 aromatic carbocycles. The van der Waals surface area contributed by atoms with Crippen molar-refractivity contribution in [2.75, 3.05) is 21.3 Å². The topological polar surface area (TPSA) is 73.9 Å².